The maximum atomic E-state index is 12.3. The van der Waals surface area contributed by atoms with E-state index in [9.17, 15) is 4.79 Å². The van der Waals surface area contributed by atoms with Crippen molar-refractivity contribution in [2.75, 3.05) is 7.11 Å². The van der Waals surface area contributed by atoms with Gasteiger partial charge in [0.1, 0.15) is 18.1 Å². The second-order valence-corrected chi connectivity index (χ2v) is 10.1. The van der Waals surface area contributed by atoms with Crippen LogP contribution in [0.4, 0.5) is 0 Å². The lowest BCUT2D eigenvalue weighted by Gasteiger charge is -2.12. The van der Waals surface area contributed by atoms with Crippen LogP contribution in [0, 0.1) is 3.57 Å². The zero-order valence-corrected chi connectivity index (χ0v) is 23.3. The van der Waals surface area contributed by atoms with Gasteiger partial charge in [-0.25, -0.2) is 5.43 Å². The van der Waals surface area contributed by atoms with Gasteiger partial charge in [0, 0.05) is 21.2 Å². The Morgan fingerprint density at radius 1 is 1.12 bits per heavy atom. The van der Waals surface area contributed by atoms with Crippen LogP contribution in [0.1, 0.15) is 21.5 Å². The summed E-state index contributed by atoms with van der Waals surface area (Å²) in [6, 6.07) is 14.1. The minimum absolute atomic E-state index is 0.274. The molecule has 0 saturated carbocycles. The highest BCUT2D eigenvalue weighted by molar-refractivity contribution is 14.1. The first-order chi connectivity index (χ1) is 15.3. The Labute approximate surface area is 225 Å². The van der Waals surface area contributed by atoms with Crippen LogP contribution in [0.25, 0.3) is 0 Å². The van der Waals surface area contributed by atoms with Gasteiger partial charge >= 0.3 is 0 Å². The van der Waals surface area contributed by atoms with Crippen molar-refractivity contribution in [2.45, 2.75) is 6.61 Å². The molecule has 0 spiro atoms. The van der Waals surface area contributed by atoms with E-state index >= 15 is 0 Å². The fourth-order valence-corrected chi connectivity index (χ4v) is 5.08. The number of carbonyl (C=O) groups is 1. The topological polar surface area (TPSA) is 59.9 Å². The normalized spacial score (nSPS) is 10.9. The molecule has 0 heterocycles. The molecule has 0 aliphatic rings. The van der Waals surface area contributed by atoms with Gasteiger partial charge in [-0.05, 0) is 102 Å². The van der Waals surface area contributed by atoms with Crippen LogP contribution < -0.4 is 14.9 Å². The molecular weight excluding hydrogens is 698 g/mol. The average molecular weight is 713 g/mol. The summed E-state index contributed by atoms with van der Waals surface area (Å²) in [7, 11) is 1.56. The SMILES string of the molecule is COc1cc(C(=O)N/N=C\c2cc(Br)c(OCc3ccc(Cl)cc3Cl)c(Br)c2)ccc1I. The second-order valence-electron chi connectivity index (χ2n) is 6.39. The Morgan fingerprint density at radius 2 is 1.84 bits per heavy atom. The van der Waals surface area contributed by atoms with E-state index in [1.807, 2.05) is 24.3 Å². The van der Waals surface area contributed by atoms with Crippen LogP contribution in [0.15, 0.2) is 62.6 Å². The molecule has 10 heteroatoms. The number of hydrogen-bond acceptors (Lipinski definition) is 4. The number of ether oxygens (including phenoxy) is 2. The molecule has 0 fully saturated rings. The van der Waals surface area contributed by atoms with Gasteiger partial charge in [0.2, 0.25) is 0 Å². The molecular formula is C22H15Br2Cl2IN2O3. The number of rotatable bonds is 7. The fourth-order valence-electron chi connectivity index (χ4n) is 2.61. The van der Waals surface area contributed by atoms with Crippen molar-refractivity contribution in [1.29, 1.82) is 0 Å². The Bertz CT molecular complexity index is 1170. The minimum Gasteiger partial charge on any atom is -0.496 e. The van der Waals surface area contributed by atoms with Crippen molar-refractivity contribution in [3.63, 3.8) is 0 Å². The molecule has 0 atom stereocenters. The first kappa shape index (κ1) is 25.3. The summed E-state index contributed by atoms with van der Waals surface area (Å²) >= 11 is 21.3. The molecule has 0 bridgehead atoms. The number of nitrogens with one attached hydrogen (secondary N) is 1. The van der Waals surface area contributed by atoms with Gasteiger partial charge in [-0.2, -0.15) is 5.10 Å². The highest BCUT2D eigenvalue weighted by atomic mass is 127. The molecule has 0 aliphatic heterocycles. The maximum absolute atomic E-state index is 12.3. The Hall–Kier alpha value is -1.33. The van der Waals surface area contributed by atoms with E-state index in [0.29, 0.717) is 36.1 Å². The fraction of sp³-hybridized carbons (Fsp3) is 0.0909. The Morgan fingerprint density at radius 3 is 2.50 bits per heavy atom. The lowest BCUT2D eigenvalue weighted by molar-refractivity contribution is 0.0954. The van der Waals surface area contributed by atoms with Crippen LogP contribution in [0.2, 0.25) is 10.0 Å². The number of hydrogen-bond donors (Lipinski definition) is 1. The van der Waals surface area contributed by atoms with Gasteiger partial charge in [-0.3, -0.25) is 4.79 Å². The Balaban J connectivity index is 1.66. The maximum Gasteiger partial charge on any atom is 0.271 e. The molecule has 166 valence electrons. The highest BCUT2D eigenvalue weighted by Gasteiger charge is 2.11. The summed E-state index contributed by atoms with van der Waals surface area (Å²) in [5.41, 5.74) is 4.53. The molecule has 0 saturated heterocycles. The molecule has 0 radical (unpaired) electrons. The van der Waals surface area contributed by atoms with Gasteiger partial charge < -0.3 is 9.47 Å². The second kappa shape index (κ2) is 11.7. The predicted molar refractivity (Wildman–Crippen MR) is 143 cm³/mol. The quantitative estimate of drug-likeness (QED) is 0.157. The van der Waals surface area contributed by atoms with E-state index in [-0.39, 0.29) is 12.5 Å². The first-order valence-corrected chi connectivity index (χ1v) is 12.4. The number of hydrazone groups is 1. The summed E-state index contributed by atoms with van der Waals surface area (Å²) in [5, 5.41) is 5.15. The van der Waals surface area contributed by atoms with E-state index in [1.54, 1.807) is 31.4 Å². The minimum atomic E-state index is -0.339. The van der Waals surface area contributed by atoms with Crippen molar-refractivity contribution < 1.29 is 14.3 Å². The number of amides is 1. The lowest BCUT2D eigenvalue weighted by Crippen LogP contribution is -2.17. The molecule has 5 nitrogen and oxygen atoms in total. The van der Waals surface area contributed by atoms with Crippen molar-refractivity contribution in [3.8, 4) is 11.5 Å². The monoisotopic (exact) mass is 710 g/mol. The van der Waals surface area contributed by atoms with Crippen molar-refractivity contribution >= 4 is 89.8 Å². The van der Waals surface area contributed by atoms with Crippen molar-refractivity contribution in [3.05, 3.63) is 87.8 Å². The molecule has 0 unspecified atom stereocenters. The van der Waals surface area contributed by atoms with Crippen molar-refractivity contribution in [1.82, 2.24) is 5.43 Å². The molecule has 0 aliphatic carbocycles. The summed E-state index contributed by atoms with van der Waals surface area (Å²) in [5.74, 6) is 0.905. The van der Waals surface area contributed by atoms with Crippen molar-refractivity contribution in [2.24, 2.45) is 5.10 Å². The largest absolute Gasteiger partial charge is 0.496 e. The van der Waals surface area contributed by atoms with E-state index in [1.165, 1.54) is 6.21 Å². The van der Waals surface area contributed by atoms with Crippen LogP contribution in [0.5, 0.6) is 11.5 Å². The summed E-state index contributed by atoms with van der Waals surface area (Å²) in [6.07, 6.45) is 1.54. The van der Waals surface area contributed by atoms with Crippen LogP contribution >= 0.6 is 77.7 Å². The number of methoxy groups -OCH3 is 1. The number of carbonyl (C=O) groups excluding carboxylic acids is 1. The zero-order chi connectivity index (χ0) is 23.3. The molecule has 3 rings (SSSR count). The smallest absolute Gasteiger partial charge is 0.271 e. The van der Waals surface area contributed by atoms with Gasteiger partial charge in [0.25, 0.3) is 5.91 Å². The zero-order valence-electron chi connectivity index (χ0n) is 16.5. The summed E-state index contributed by atoms with van der Waals surface area (Å²) in [4.78, 5) is 12.3. The van der Waals surface area contributed by atoms with E-state index in [0.717, 1.165) is 14.7 Å². The molecule has 3 aromatic rings. The van der Waals surface area contributed by atoms with Crippen LogP contribution in [-0.2, 0) is 6.61 Å². The third-order valence-electron chi connectivity index (χ3n) is 4.20. The van der Waals surface area contributed by atoms with Gasteiger partial charge in [0.05, 0.1) is 25.8 Å². The highest BCUT2D eigenvalue weighted by Crippen LogP contribution is 2.35. The van der Waals surface area contributed by atoms with Crippen LogP contribution in [0.3, 0.4) is 0 Å². The van der Waals surface area contributed by atoms with E-state index in [4.69, 9.17) is 32.7 Å². The van der Waals surface area contributed by atoms with Crippen LogP contribution in [-0.4, -0.2) is 19.2 Å². The summed E-state index contributed by atoms with van der Waals surface area (Å²) < 4.78 is 13.5. The third kappa shape index (κ3) is 6.60. The standard InChI is InChI=1S/C22H15Br2Cl2IN2O3/c1-31-20-8-13(3-5-19(20)27)22(30)29-28-10-12-6-16(23)21(17(24)7-12)32-11-14-2-4-15(25)9-18(14)26/h2-10H,11H2,1H3,(H,29,30)/b28-10-. The predicted octanol–water partition coefficient (Wildman–Crippen LogP) is 7.47. The van der Waals surface area contributed by atoms with E-state index in [2.05, 4.69) is 65.0 Å². The Kier molecular flexibility index (Phi) is 9.24. The lowest BCUT2D eigenvalue weighted by atomic mass is 10.2. The number of nitrogens with zero attached hydrogens (tertiary/aromatic N) is 1. The molecule has 3 aromatic carbocycles. The third-order valence-corrected chi connectivity index (χ3v) is 6.86. The average Bonchev–Trinajstić information content (AvgIpc) is 2.74. The van der Waals surface area contributed by atoms with Gasteiger partial charge in [-0.15, -0.1) is 0 Å². The molecule has 1 N–H and O–H groups in total. The van der Waals surface area contributed by atoms with Gasteiger partial charge in [0.15, 0.2) is 0 Å². The summed E-state index contributed by atoms with van der Waals surface area (Å²) in [6.45, 7) is 0.274. The van der Waals surface area contributed by atoms with Gasteiger partial charge in [-0.1, -0.05) is 29.3 Å². The molecule has 1 amide bonds. The number of halogens is 5. The van der Waals surface area contributed by atoms with E-state index < -0.39 is 0 Å². The number of benzene rings is 3. The molecule has 32 heavy (non-hydrogen) atoms. The molecule has 0 aromatic heterocycles. The first-order valence-electron chi connectivity index (χ1n) is 9.01.